The average Bonchev–Trinajstić information content (AvgIpc) is 3.17. The van der Waals surface area contributed by atoms with Gasteiger partial charge in [-0.15, -0.1) is 11.6 Å². The number of rotatable bonds is 5. The van der Waals surface area contributed by atoms with Crippen molar-refractivity contribution in [3.63, 3.8) is 0 Å². The van der Waals surface area contributed by atoms with E-state index in [2.05, 4.69) is 5.32 Å². The third kappa shape index (κ3) is 4.42. The number of likely N-dealkylation sites (tertiary alicyclic amines) is 1. The minimum absolute atomic E-state index is 0.0652. The number of piperidine rings is 1. The fourth-order valence-corrected chi connectivity index (χ4v) is 3.23. The van der Waals surface area contributed by atoms with Crippen LogP contribution in [-0.2, 0) is 4.79 Å². The molecule has 2 heterocycles. The normalized spacial score (nSPS) is 15.2. The topological polar surface area (TPSA) is 54.3 Å². The molecule has 0 spiro atoms. The quantitative estimate of drug-likeness (QED) is 0.834. The predicted molar refractivity (Wildman–Crippen MR) is 98.2 cm³/mol. The molecular weight excluding hydrogens is 338 g/mol. The van der Waals surface area contributed by atoms with E-state index < -0.39 is 0 Å². The number of nitrogens with one attached hydrogen (secondary N) is 1. The molecule has 1 N–H and O–H groups in total. The first kappa shape index (κ1) is 17.5. The zero-order chi connectivity index (χ0) is 17.6. The number of hydrogen-bond donors (Lipinski definition) is 1. The van der Waals surface area contributed by atoms with Crippen LogP contribution in [0.25, 0.3) is 5.69 Å². The van der Waals surface area contributed by atoms with E-state index in [1.807, 2.05) is 58.3 Å². The zero-order valence-electron chi connectivity index (χ0n) is 14.0. The first-order chi connectivity index (χ1) is 12.2. The highest BCUT2D eigenvalue weighted by atomic mass is 35.5. The van der Waals surface area contributed by atoms with Gasteiger partial charge in [-0.25, -0.2) is 0 Å². The van der Waals surface area contributed by atoms with Crippen LogP contribution < -0.4 is 5.32 Å². The second kappa shape index (κ2) is 8.21. The van der Waals surface area contributed by atoms with E-state index in [1.54, 1.807) is 0 Å². The van der Waals surface area contributed by atoms with Crippen molar-refractivity contribution in [1.29, 1.82) is 0 Å². The van der Waals surface area contributed by atoms with Gasteiger partial charge in [0.1, 0.15) is 0 Å². The summed E-state index contributed by atoms with van der Waals surface area (Å²) in [6.45, 7) is 1.35. The Morgan fingerprint density at radius 3 is 2.32 bits per heavy atom. The van der Waals surface area contributed by atoms with Crippen molar-refractivity contribution in [2.75, 3.05) is 19.0 Å². The van der Waals surface area contributed by atoms with Crippen molar-refractivity contribution in [1.82, 2.24) is 14.8 Å². The zero-order valence-corrected chi connectivity index (χ0v) is 14.8. The van der Waals surface area contributed by atoms with Crippen LogP contribution in [-0.4, -0.2) is 46.3 Å². The molecule has 3 rings (SSSR count). The van der Waals surface area contributed by atoms with Gasteiger partial charge < -0.3 is 14.8 Å². The van der Waals surface area contributed by atoms with Crippen molar-refractivity contribution in [3.05, 3.63) is 54.4 Å². The summed E-state index contributed by atoms with van der Waals surface area (Å²) in [6, 6.07) is 11.6. The number of benzene rings is 1. The van der Waals surface area contributed by atoms with Crippen molar-refractivity contribution in [2.45, 2.75) is 25.3 Å². The maximum Gasteiger partial charge on any atom is 0.251 e. The van der Waals surface area contributed by atoms with E-state index in [1.165, 1.54) is 0 Å². The molecule has 6 heteroatoms. The third-order valence-corrected chi connectivity index (χ3v) is 4.71. The SMILES string of the molecule is O=C(NC1CCN(C(=O)CCCl)CC1)c1ccc(-n2cccc2)cc1. The molecule has 0 radical (unpaired) electrons. The second-order valence-corrected chi connectivity index (χ2v) is 6.58. The number of alkyl halides is 1. The number of carbonyl (C=O) groups excluding carboxylic acids is 2. The predicted octanol–water partition coefficient (Wildman–Crippen LogP) is 2.83. The second-order valence-electron chi connectivity index (χ2n) is 6.20. The summed E-state index contributed by atoms with van der Waals surface area (Å²) in [5, 5.41) is 3.07. The summed E-state index contributed by atoms with van der Waals surface area (Å²) in [6.07, 6.45) is 5.87. The Hall–Kier alpha value is -2.27. The van der Waals surface area contributed by atoms with Crippen molar-refractivity contribution in [2.24, 2.45) is 0 Å². The first-order valence-electron chi connectivity index (χ1n) is 8.55. The van der Waals surface area contributed by atoms with Crippen molar-refractivity contribution in [3.8, 4) is 5.69 Å². The van der Waals surface area contributed by atoms with Crippen LogP contribution in [0.1, 0.15) is 29.6 Å². The standard InChI is InChI=1S/C19H22ClN3O2/c20-10-7-18(24)23-13-8-16(9-14-23)21-19(25)15-3-5-17(6-4-15)22-11-1-2-12-22/h1-6,11-12,16H,7-10,13-14H2,(H,21,25). The third-order valence-electron chi connectivity index (χ3n) is 4.52. The van der Waals surface area contributed by atoms with E-state index in [0.717, 1.165) is 18.5 Å². The van der Waals surface area contributed by atoms with Gasteiger partial charge in [0.05, 0.1) is 0 Å². The molecule has 1 aliphatic rings. The summed E-state index contributed by atoms with van der Waals surface area (Å²) in [5.41, 5.74) is 1.67. The van der Waals surface area contributed by atoms with Gasteiger partial charge in [0.25, 0.3) is 5.91 Å². The summed E-state index contributed by atoms with van der Waals surface area (Å²) in [4.78, 5) is 26.1. The molecule has 0 saturated carbocycles. The lowest BCUT2D eigenvalue weighted by molar-refractivity contribution is -0.131. The largest absolute Gasteiger partial charge is 0.349 e. The minimum atomic E-state index is -0.0652. The molecule has 25 heavy (non-hydrogen) atoms. The van der Waals surface area contributed by atoms with Crippen molar-refractivity contribution >= 4 is 23.4 Å². The van der Waals surface area contributed by atoms with Gasteiger partial charge in [-0.05, 0) is 49.2 Å². The van der Waals surface area contributed by atoms with E-state index in [0.29, 0.717) is 31.0 Å². The Labute approximate surface area is 152 Å². The summed E-state index contributed by atoms with van der Waals surface area (Å²) < 4.78 is 2.00. The van der Waals surface area contributed by atoms with Crippen LogP contribution in [0.2, 0.25) is 0 Å². The van der Waals surface area contributed by atoms with E-state index in [-0.39, 0.29) is 17.9 Å². The Balaban J connectivity index is 1.52. The molecule has 0 atom stereocenters. The van der Waals surface area contributed by atoms with Gasteiger partial charge >= 0.3 is 0 Å². The highest BCUT2D eigenvalue weighted by Gasteiger charge is 2.23. The van der Waals surface area contributed by atoms with Crippen LogP contribution in [0.4, 0.5) is 0 Å². The number of carbonyl (C=O) groups is 2. The van der Waals surface area contributed by atoms with Crippen LogP contribution in [0.15, 0.2) is 48.8 Å². The minimum Gasteiger partial charge on any atom is -0.349 e. The van der Waals surface area contributed by atoms with Crippen LogP contribution in [0.3, 0.4) is 0 Å². The number of nitrogens with zero attached hydrogens (tertiary/aromatic N) is 2. The Kier molecular flexibility index (Phi) is 5.76. The number of aromatic nitrogens is 1. The van der Waals surface area contributed by atoms with Gasteiger partial charge in [0, 0.05) is 55.1 Å². The number of hydrogen-bond acceptors (Lipinski definition) is 2. The number of amides is 2. The molecule has 5 nitrogen and oxygen atoms in total. The fourth-order valence-electron chi connectivity index (χ4n) is 3.07. The van der Waals surface area contributed by atoms with E-state index in [9.17, 15) is 9.59 Å². The van der Waals surface area contributed by atoms with Crippen molar-refractivity contribution < 1.29 is 9.59 Å². The average molecular weight is 360 g/mol. The molecule has 2 amide bonds. The molecule has 1 aromatic heterocycles. The Bertz CT molecular complexity index is 705. The van der Waals surface area contributed by atoms with Gasteiger partial charge in [-0.3, -0.25) is 9.59 Å². The maximum atomic E-state index is 12.4. The van der Waals surface area contributed by atoms with Gasteiger partial charge in [0.15, 0.2) is 0 Å². The van der Waals surface area contributed by atoms with Crippen LogP contribution in [0, 0.1) is 0 Å². The van der Waals surface area contributed by atoms with E-state index >= 15 is 0 Å². The molecular formula is C19H22ClN3O2. The Morgan fingerprint density at radius 2 is 1.72 bits per heavy atom. The molecule has 1 saturated heterocycles. The molecule has 1 aromatic carbocycles. The maximum absolute atomic E-state index is 12.4. The summed E-state index contributed by atoms with van der Waals surface area (Å²) in [7, 11) is 0. The summed E-state index contributed by atoms with van der Waals surface area (Å²) in [5.74, 6) is 0.388. The van der Waals surface area contributed by atoms with Gasteiger partial charge in [0.2, 0.25) is 5.91 Å². The van der Waals surface area contributed by atoms with Gasteiger partial charge in [-0.2, -0.15) is 0 Å². The molecule has 1 fully saturated rings. The summed E-state index contributed by atoms with van der Waals surface area (Å²) >= 11 is 5.62. The monoisotopic (exact) mass is 359 g/mol. The smallest absolute Gasteiger partial charge is 0.251 e. The van der Waals surface area contributed by atoms with Crippen LogP contribution in [0.5, 0.6) is 0 Å². The lowest BCUT2D eigenvalue weighted by Crippen LogP contribution is -2.46. The lowest BCUT2D eigenvalue weighted by atomic mass is 10.0. The molecule has 0 aliphatic carbocycles. The van der Waals surface area contributed by atoms with Crippen LogP contribution >= 0.6 is 11.6 Å². The fraction of sp³-hybridized carbons (Fsp3) is 0.368. The number of halogens is 1. The molecule has 132 valence electrons. The molecule has 0 unspecified atom stereocenters. The first-order valence-corrected chi connectivity index (χ1v) is 9.09. The highest BCUT2D eigenvalue weighted by Crippen LogP contribution is 2.14. The molecule has 1 aliphatic heterocycles. The lowest BCUT2D eigenvalue weighted by Gasteiger charge is -2.32. The molecule has 0 bridgehead atoms. The van der Waals surface area contributed by atoms with Gasteiger partial charge in [-0.1, -0.05) is 0 Å². The Morgan fingerprint density at radius 1 is 1.08 bits per heavy atom. The highest BCUT2D eigenvalue weighted by molar-refractivity contribution is 6.18. The van der Waals surface area contributed by atoms with E-state index in [4.69, 9.17) is 11.6 Å². The molecule has 2 aromatic rings.